The highest BCUT2D eigenvalue weighted by atomic mass is 32.2. The fourth-order valence-electron chi connectivity index (χ4n) is 1.91. The summed E-state index contributed by atoms with van der Waals surface area (Å²) in [6, 6.07) is 9.19. The molecular formula is C14H18N4O2S. The molecular weight excluding hydrogens is 288 g/mol. The summed E-state index contributed by atoms with van der Waals surface area (Å²) in [6.45, 7) is 1.93. The number of nitrogens with zero attached hydrogens (tertiary/aromatic N) is 2. The maximum atomic E-state index is 12.4. The minimum Gasteiger partial charge on any atom is -0.357 e. The fraction of sp³-hybridized carbons (Fsp3) is 0.286. The Morgan fingerprint density at radius 1 is 1.14 bits per heavy atom. The Labute approximate surface area is 124 Å². The van der Waals surface area contributed by atoms with Gasteiger partial charge in [-0.3, -0.25) is 0 Å². The van der Waals surface area contributed by atoms with E-state index in [-0.39, 0.29) is 10.9 Å². The lowest BCUT2D eigenvalue weighted by Crippen LogP contribution is -2.28. The van der Waals surface area contributed by atoms with Crippen molar-refractivity contribution in [2.45, 2.75) is 24.3 Å². The molecule has 2 aromatic rings. The summed E-state index contributed by atoms with van der Waals surface area (Å²) in [6.07, 6.45) is 3.23. The molecule has 2 rings (SSSR count). The minimum atomic E-state index is -3.65. The van der Waals surface area contributed by atoms with Crippen LogP contribution in [0.1, 0.15) is 24.9 Å². The van der Waals surface area contributed by atoms with Crippen LogP contribution in [0.3, 0.4) is 0 Å². The molecule has 0 amide bonds. The molecule has 0 fully saturated rings. The summed E-state index contributed by atoms with van der Waals surface area (Å²) in [4.78, 5) is 7.91. The van der Waals surface area contributed by atoms with Gasteiger partial charge in [-0.15, -0.1) is 0 Å². The maximum absolute atomic E-state index is 12.4. The molecule has 21 heavy (non-hydrogen) atoms. The van der Waals surface area contributed by atoms with Crippen LogP contribution in [0.25, 0.3) is 0 Å². The molecule has 0 bridgehead atoms. The van der Waals surface area contributed by atoms with Crippen LogP contribution in [0.2, 0.25) is 0 Å². The predicted octanol–water partition coefficient (Wildman–Crippen LogP) is 1.95. The van der Waals surface area contributed by atoms with Gasteiger partial charge in [-0.25, -0.2) is 23.1 Å². The van der Waals surface area contributed by atoms with E-state index in [0.29, 0.717) is 12.4 Å². The van der Waals surface area contributed by atoms with Crippen molar-refractivity contribution in [2.24, 2.45) is 0 Å². The van der Waals surface area contributed by atoms with Crippen LogP contribution >= 0.6 is 0 Å². The molecule has 112 valence electrons. The third-order valence-corrected chi connectivity index (χ3v) is 4.50. The van der Waals surface area contributed by atoms with Gasteiger partial charge in [0.15, 0.2) is 0 Å². The summed E-state index contributed by atoms with van der Waals surface area (Å²) in [5, 5.41) is 2.75. The molecule has 0 aliphatic rings. The molecule has 7 heteroatoms. The van der Waals surface area contributed by atoms with Gasteiger partial charge in [-0.05, 0) is 12.0 Å². The molecule has 0 saturated heterocycles. The van der Waals surface area contributed by atoms with Gasteiger partial charge in [0.05, 0.1) is 12.4 Å². The predicted molar refractivity (Wildman–Crippen MR) is 81.4 cm³/mol. The lowest BCUT2D eigenvalue weighted by Gasteiger charge is -2.17. The quantitative estimate of drug-likeness (QED) is 0.852. The Hall–Kier alpha value is -1.99. The molecule has 2 N–H and O–H groups in total. The molecule has 6 nitrogen and oxygen atoms in total. The van der Waals surface area contributed by atoms with Crippen molar-refractivity contribution in [1.82, 2.24) is 14.7 Å². The first-order valence-electron chi connectivity index (χ1n) is 6.64. The van der Waals surface area contributed by atoms with Crippen LogP contribution in [0, 0.1) is 0 Å². The number of sulfonamides is 1. The zero-order valence-electron chi connectivity index (χ0n) is 11.9. The molecule has 0 spiro atoms. The van der Waals surface area contributed by atoms with E-state index in [4.69, 9.17) is 0 Å². The molecule has 1 aromatic heterocycles. The van der Waals surface area contributed by atoms with E-state index in [1.165, 1.54) is 12.4 Å². The largest absolute Gasteiger partial charge is 0.357 e. The highest BCUT2D eigenvalue weighted by Crippen LogP contribution is 2.19. The van der Waals surface area contributed by atoms with Crippen molar-refractivity contribution in [1.29, 1.82) is 0 Å². The van der Waals surface area contributed by atoms with Gasteiger partial charge >= 0.3 is 0 Å². The second-order valence-electron chi connectivity index (χ2n) is 4.49. The van der Waals surface area contributed by atoms with E-state index >= 15 is 0 Å². The lowest BCUT2D eigenvalue weighted by atomic mass is 10.1. The Morgan fingerprint density at radius 3 is 2.29 bits per heavy atom. The normalized spacial score (nSPS) is 12.9. The highest BCUT2D eigenvalue weighted by molar-refractivity contribution is 7.89. The third-order valence-electron chi connectivity index (χ3n) is 3.07. The van der Waals surface area contributed by atoms with Crippen molar-refractivity contribution in [3.05, 3.63) is 48.3 Å². The Kier molecular flexibility index (Phi) is 4.87. The lowest BCUT2D eigenvalue weighted by molar-refractivity contribution is 0.549. The Morgan fingerprint density at radius 2 is 1.76 bits per heavy atom. The molecule has 0 aliphatic carbocycles. The van der Waals surface area contributed by atoms with Gasteiger partial charge < -0.3 is 5.32 Å². The highest BCUT2D eigenvalue weighted by Gasteiger charge is 2.20. The first kappa shape index (κ1) is 15.4. The van der Waals surface area contributed by atoms with Crippen LogP contribution in [-0.2, 0) is 10.0 Å². The smallest absolute Gasteiger partial charge is 0.244 e. The van der Waals surface area contributed by atoms with Crippen LogP contribution in [0.4, 0.5) is 5.95 Å². The first-order chi connectivity index (χ1) is 10.1. The monoisotopic (exact) mass is 306 g/mol. The zero-order valence-corrected chi connectivity index (χ0v) is 12.8. The Balaban J connectivity index is 2.22. The standard InChI is InChI=1S/C14H18N4O2S/c1-3-13(11-7-5-4-6-8-11)18-21(19,20)12-9-16-14(15-2)17-10-12/h4-10,13,18H,3H2,1-2H3,(H,15,16,17). The second-order valence-corrected chi connectivity index (χ2v) is 6.20. The number of aromatic nitrogens is 2. The van der Waals surface area contributed by atoms with Crippen LogP contribution in [0.15, 0.2) is 47.6 Å². The summed E-state index contributed by atoms with van der Waals surface area (Å²) in [5.41, 5.74) is 0.927. The molecule has 0 saturated carbocycles. The number of anilines is 1. The second kappa shape index (κ2) is 6.64. The molecule has 1 atom stereocenters. The zero-order chi connectivity index (χ0) is 15.3. The van der Waals surface area contributed by atoms with Crippen molar-refractivity contribution in [3.8, 4) is 0 Å². The van der Waals surface area contributed by atoms with Crippen molar-refractivity contribution >= 4 is 16.0 Å². The van der Waals surface area contributed by atoms with Gasteiger partial charge in [-0.1, -0.05) is 37.3 Å². The minimum absolute atomic E-state index is 0.0517. The summed E-state index contributed by atoms with van der Waals surface area (Å²) >= 11 is 0. The van der Waals surface area contributed by atoms with Gasteiger partial charge in [0, 0.05) is 13.1 Å². The van der Waals surface area contributed by atoms with Gasteiger partial charge in [0.1, 0.15) is 4.90 Å². The first-order valence-corrected chi connectivity index (χ1v) is 8.12. The SMILES string of the molecule is CCC(NS(=O)(=O)c1cnc(NC)nc1)c1ccccc1. The van der Waals surface area contributed by atoms with E-state index < -0.39 is 10.0 Å². The Bertz CT molecular complexity index is 672. The van der Waals surface area contributed by atoms with Crippen molar-refractivity contribution < 1.29 is 8.42 Å². The van der Waals surface area contributed by atoms with E-state index in [1.54, 1.807) is 7.05 Å². The van der Waals surface area contributed by atoms with Crippen LogP contribution in [0.5, 0.6) is 0 Å². The number of rotatable bonds is 6. The number of nitrogens with one attached hydrogen (secondary N) is 2. The van der Waals surface area contributed by atoms with Crippen molar-refractivity contribution in [3.63, 3.8) is 0 Å². The van der Waals surface area contributed by atoms with E-state index in [1.807, 2.05) is 37.3 Å². The van der Waals surface area contributed by atoms with Gasteiger partial charge in [-0.2, -0.15) is 0 Å². The number of hydrogen-bond donors (Lipinski definition) is 2. The van der Waals surface area contributed by atoms with Crippen LogP contribution in [-0.4, -0.2) is 25.4 Å². The van der Waals surface area contributed by atoms with Gasteiger partial charge in [0.2, 0.25) is 16.0 Å². The van der Waals surface area contributed by atoms with Crippen LogP contribution < -0.4 is 10.0 Å². The van der Waals surface area contributed by atoms with E-state index in [2.05, 4.69) is 20.0 Å². The topological polar surface area (TPSA) is 84.0 Å². The van der Waals surface area contributed by atoms with E-state index in [0.717, 1.165) is 5.56 Å². The molecule has 1 unspecified atom stereocenters. The summed E-state index contributed by atoms with van der Waals surface area (Å²) < 4.78 is 27.4. The summed E-state index contributed by atoms with van der Waals surface area (Å²) in [7, 11) is -1.98. The summed E-state index contributed by atoms with van der Waals surface area (Å²) in [5.74, 6) is 0.379. The molecule has 1 heterocycles. The molecule has 0 radical (unpaired) electrons. The number of hydrogen-bond acceptors (Lipinski definition) is 5. The maximum Gasteiger partial charge on any atom is 0.244 e. The molecule has 0 aliphatic heterocycles. The average molecular weight is 306 g/mol. The molecule has 1 aromatic carbocycles. The average Bonchev–Trinajstić information content (AvgIpc) is 2.53. The number of benzene rings is 1. The van der Waals surface area contributed by atoms with Crippen molar-refractivity contribution in [2.75, 3.05) is 12.4 Å². The third kappa shape index (κ3) is 3.77. The fourth-order valence-corrected chi connectivity index (χ4v) is 3.11. The van der Waals surface area contributed by atoms with E-state index in [9.17, 15) is 8.42 Å². The van der Waals surface area contributed by atoms with Gasteiger partial charge in [0.25, 0.3) is 0 Å².